The van der Waals surface area contributed by atoms with Crippen LogP contribution in [0.5, 0.6) is 0 Å². The molecule has 0 saturated heterocycles. The zero-order valence-electron chi connectivity index (χ0n) is 11.2. The normalized spacial score (nSPS) is 12.7. The van der Waals surface area contributed by atoms with Crippen LogP contribution in [0.25, 0.3) is 0 Å². The Morgan fingerprint density at radius 2 is 1.90 bits per heavy atom. The predicted molar refractivity (Wildman–Crippen MR) is 73.3 cm³/mol. The van der Waals surface area contributed by atoms with E-state index in [1.165, 1.54) is 11.3 Å². The third-order valence-electron chi connectivity index (χ3n) is 2.92. The molecule has 2 aromatic rings. The van der Waals surface area contributed by atoms with Crippen LogP contribution in [0.2, 0.25) is 0 Å². The first kappa shape index (κ1) is 15.0. The van der Waals surface area contributed by atoms with Crippen molar-refractivity contribution in [2.75, 3.05) is 6.54 Å². The smallest absolute Gasteiger partial charge is 0.133 e. The fourth-order valence-corrected chi connectivity index (χ4v) is 2.75. The van der Waals surface area contributed by atoms with E-state index in [-0.39, 0.29) is 5.56 Å². The van der Waals surface area contributed by atoms with Gasteiger partial charge >= 0.3 is 0 Å². The minimum Gasteiger partial charge on any atom is -0.310 e. The highest BCUT2D eigenvalue weighted by atomic mass is 32.1. The fourth-order valence-electron chi connectivity index (χ4n) is 2.12. The number of aryl methyl sites for hydroxylation is 1. The summed E-state index contributed by atoms with van der Waals surface area (Å²) >= 11 is 1.48. The predicted octanol–water partition coefficient (Wildman–Crippen LogP) is 3.76. The van der Waals surface area contributed by atoms with Crippen molar-refractivity contribution in [2.45, 2.75) is 26.3 Å². The maximum atomic E-state index is 13.9. The second-order valence-corrected chi connectivity index (χ2v) is 5.52. The Bertz CT molecular complexity index is 575. The molecule has 2 rings (SSSR count). The molecule has 0 aliphatic rings. The first-order chi connectivity index (χ1) is 9.51. The van der Waals surface area contributed by atoms with Crippen molar-refractivity contribution >= 4 is 11.3 Å². The summed E-state index contributed by atoms with van der Waals surface area (Å²) < 4.78 is 40.7. The number of benzene rings is 1. The van der Waals surface area contributed by atoms with Crippen molar-refractivity contribution < 1.29 is 13.2 Å². The molecule has 1 unspecified atom stereocenters. The summed E-state index contributed by atoms with van der Waals surface area (Å²) in [7, 11) is 0. The molecule has 0 amide bonds. The molecule has 1 heterocycles. The van der Waals surface area contributed by atoms with Gasteiger partial charge < -0.3 is 5.32 Å². The van der Waals surface area contributed by atoms with Gasteiger partial charge in [-0.1, -0.05) is 6.92 Å². The molecule has 0 saturated carbocycles. The minimum absolute atomic E-state index is 0.140. The minimum atomic E-state index is -0.913. The van der Waals surface area contributed by atoms with Crippen LogP contribution in [0, 0.1) is 24.4 Å². The van der Waals surface area contributed by atoms with E-state index in [4.69, 9.17) is 0 Å². The second kappa shape index (κ2) is 6.37. The summed E-state index contributed by atoms with van der Waals surface area (Å²) in [4.78, 5) is 4.29. The van der Waals surface area contributed by atoms with E-state index in [1.807, 2.05) is 19.2 Å². The topological polar surface area (TPSA) is 24.9 Å². The summed E-state index contributed by atoms with van der Waals surface area (Å²) in [6, 6.07) is 0.839. The van der Waals surface area contributed by atoms with E-state index < -0.39 is 23.5 Å². The highest BCUT2D eigenvalue weighted by Gasteiger charge is 2.22. The second-order valence-electron chi connectivity index (χ2n) is 4.46. The van der Waals surface area contributed by atoms with E-state index in [2.05, 4.69) is 10.3 Å². The van der Waals surface area contributed by atoms with Gasteiger partial charge in [-0.25, -0.2) is 18.2 Å². The van der Waals surface area contributed by atoms with Crippen LogP contribution in [-0.2, 0) is 6.42 Å². The third kappa shape index (κ3) is 3.37. The van der Waals surface area contributed by atoms with E-state index in [9.17, 15) is 13.2 Å². The molecule has 0 aliphatic carbocycles. The zero-order chi connectivity index (χ0) is 14.7. The SMILES string of the molecule is CCNC(Cc1csc(C)n1)c1c(F)cc(F)cc1F. The van der Waals surface area contributed by atoms with Gasteiger partial charge in [0.1, 0.15) is 17.5 Å². The molecule has 1 aromatic heterocycles. The van der Waals surface area contributed by atoms with Gasteiger partial charge in [0.15, 0.2) is 0 Å². The van der Waals surface area contributed by atoms with E-state index >= 15 is 0 Å². The monoisotopic (exact) mass is 300 g/mol. The molecule has 108 valence electrons. The molecule has 0 aliphatic heterocycles. The van der Waals surface area contributed by atoms with Gasteiger partial charge in [-0.3, -0.25) is 0 Å². The van der Waals surface area contributed by atoms with Gasteiger partial charge in [-0.05, 0) is 13.5 Å². The van der Waals surface area contributed by atoms with Crippen molar-refractivity contribution in [3.63, 3.8) is 0 Å². The van der Waals surface area contributed by atoms with Crippen molar-refractivity contribution in [1.29, 1.82) is 0 Å². The Hall–Kier alpha value is -1.40. The number of hydrogen-bond donors (Lipinski definition) is 1. The number of rotatable bonds is 5. The summed E-state index contributed by atoms with van der Waals surface area (Å²) in [5.74, 6) is -2.66. The quantitative estimate of drug-likeness (QED) is 0.909. The standard InChI is InChI=1S/C14H15F3N2S/c1-3-18-13(6-10-7-20-8(2)19-10)14-11(16)4-9(15)5-12(14)17/h4-5,7,13,18H,3,6H2,1-2H3. The first-order valence-electron chi connectivity index (χ1n) is 6.30. The summed E-state index contributed by atoms with van der Waals surface area (Å²) in [5.41, 5.74) is 0.625. The highest BCUT2D eigenvalue weighted by Crippen LogP contribution is 2.25. The number of nitrogens with zero attached hydrogens (tertiary/aromatic N) is 1. The molecule has 0 spiro atoms. The molecule has 20 heavy (non-hydrogen) atoms. The van der Waals surface area contributed by atoms with Crippen molar-refractivity contribution in [2.24, 2.45) is 0 Å². The molecule has 1 aromatic carbocycles. The molecule has 6 heteroatoms. The lowest BCUT2D eigenvalue weighted by molar-refractivity contribution is 0.460. The summed E-state index contributed by atoms with van der Waals surface area (Å²) in [6.45, 7) is 4.26. The Balaban J connectivity index is 2.33. The van der Waals surface area contributed by atoms with Gasteiger partial charge in [0, 0.05) is 35.5 Å². The van der Waals surface area contributed by atoms with Gasteiger partial charge in [-0.2, -0.15) is 0 Å². The number of thiazole rings is 1. The Kier molecular flexibility index (Phi) is 4.77. The van der Waals surface area contributed by atoms with Crippen molar-refractivity contribution in [3.05, 3.63) is 51.2 Å². The van der Waals surface area contributed by atoms with Gasteiger partial charge in [0.2, 0.25) is 0 Å². The molecule has 2 nitrogen and oxygen atoms in total. The molecule has 0 radical (unpaired) electrons. The number of nitrogens with one attached hydrogen (secondary N) is 1. The van der Waals surface area contributed by atoms with Crippen LogP contribution in [0.4, 0.5) is 13.2 Å². The van der Waals surface area contributed by atoms with E-state index in [1.54, 1.807) is 0 Å². The summed E-state index contributed by atoms with van der Waals surface area (Å²) in [5, 5.41) is 5.78. The third-order valence-corrected chi connectivity index (χ3v) is 3.74. The molecule has 1 atom stereocenters. The number of hydrogen-bond acceptors (Lipinski definition) is 3. The van der Waals surface area contributed by atoms with Crippen LogP contribution in [-0.4, -0.2) is 11.5 Å². The molecule has 1 N–H and O–H groups in total. The molecule has 0 fully saturated rings. The largest absolute Gasteiger partial charge is 0.310 e. The Morgan fingerprint density at radius 3 is 2.40 bits per heavy atom. The zero-order valence-corrected chi connectivity index (χ0v) is 12.0. The average Bonchev–Trinajstić information content (AvgIpc) is 2.73. The maximum absolute atomic E-state index is 13.9. The van der Waals surface area contributed by atoms with Gasteiger partial charge in [-0.15, -0.1) is 11.3 Å². The lowest BCUT2D eigenvalue weighted by Gasteiger charge is -2.18. The van der Waals surface area contributed by atoms with Crippen molar-refractivity contribution in [3.8, 4) is 0 Å². The van der Waals surface area contributed by atoms with Crippen LogP contribution in [0.15, 0.2) is 17.5 Å². The molecular formula is C14H15F3N2S. The van der Waals surface area contributed by atoms with Crippen LogP contribution in [0.1, 0.15) is 29.2 Å². The van der Waals surface area contributed by atoms with Gasteiger partial charge in [0.05, 0.1) is 10.7 Å². The van der Waals surface area contributed by atoms with Crippen molar-refractivity contribution in [1.82, 2.24) is 10.3 Å². The maximum Gasteiger partial charge on any atom is 0.133 e. The Morgan fingerprint density at radius 1 is 1.25 bits per heavy atom. The number of likely N-dealkylation sites (N-methyl/N-ethyl adjacent to an activating group) is 1. The van der Waals surface area contributed by atoms with Gasteiger partial charge in [0.25, 0.3) is 0 Å². The number of aromatic nitrogens is 1. The van der Waals surface area contributed by atoms with E-state index in [0.717, 1.165) is 10.7 Å². The first-order valence-corrected chi connectivity index (χ1v) is 7.18. The van der Waals surface area contributed by atoms with Crippen LogP contribution >= 0.6 is 11.3 Å². The number of halogens is 3. The van der Waals surface area contributed by atoms with Crippen LogP contribution < -0.4 is 5.32 Å². The summed E-state index contributed by atoms with van der Waals surface area (Å²) in [6.07, 6.45) is 0.359. The lowest BCUT2D eigenvalue weighted by Crippen LogP contribution is -2.25. The average molecular weight is 300 g/mol. The lowest BCUT2D eigenvalue weighted by atomic mass is 10.0. The highest BCUT2D eigenvalue weighted by molar-refractivity contribution is 7.09. The molecular weight excluding hydrogens is 285 g/mol. The molecule has 0 bridgehead atoms. The Labute approximate surface area is 119 Å². The van der Waals surface area contributed by atoms with Crippen LogP contribution in [0.3, 0.4) is 0 Å². The fraction of sp³-hybridized carbons (Fsp3) is 0.357. The van der Waals surface area contributed by atoms with E-state index in [0.29, 0.717) is 25.1 Å².